The Morgan fingerprint density at radius 3 is 2.78 bits per heavy atom. The maximum absolute atomic E-state index is 13.9. The van der Waals surface area contributed by atoms with Crippen LogP contribution in [0, 0.1) is 0 Å². The highest BCUT2D eigenvalue weighted by molar-refractivity contribution is 7.13. The number of hydrogen-bond donors (Lipinski definition) is 2. The number of rotatable bonds is 6. The van der Waals surface area contributed by atoms with Gasteiger partial charge in [0.15, 0.2) is 5.01 Å². The van der Waals surface area contributed by atoms with Crippen molar-refractivity contribution in [2.45, 2.75) is 12.5 Å². The fourth-order valence-electron chi connectivity index (χ4n) is 3.82. The number of ether oxygens (including phenoxy) is 1. The van der Waals surface area contributed by atoms with Gasteiger partial charge in [0, 0.05) is 37.5 Å². The van der Waals surface area contributed by atoms with E-state index in [0.29, 0.717) is 37.5 Å². The number of thiazole rings is 1. The van der Waals surface area contributed by atoms with E-state index in [4.69, 9.17) is 16.2 Å². The standard InChI is InChI=1S/C22H24N6O3S/c1-31-12-11-27(14-5-4-9-25-13-14)22(30)28-10-8-17-19(32-21(26-17)20(24)29)18(28)15-6-2-3-7-16(15)23/h2-7,9,13,18H,8,10-12,23H2,1H3,(H2,24,29). The van der Waals surface area contributed by atoms with E-state index >= 15 is 0 Å². The lowest BCUT2D eigenvalue weighted by Crippen LogP contribution is -2.49. The van der Waals surface area contributed by atoms with Gasteiger partial charge in [0.05, 0.1) is 41.6 Å². The minimum atomic E-state index is -0.584. The number of hydrogen-bond acceptors (Lipinski definition) is 7. The van der Waals surface area contributed by atoms with Crippen LogP contribution in [-0.2, 0) is 11.2 Å². The number of primary amides is 1. The van der Waals surface area contributed by atoms with Crippen molar-refractivity contribution in [3.63, 3.8) is 0 Å². The second kappa shape index (κ2) is 9.33. The number of carbonyl (C=O) groups excluding carboxylic acids is 2. The molecule has 166 valence electrons. The summed E-state index contributed by atoms with van der Waals surface area (Å²) in [7, 11) is 1.59. The molecule has 1 unspecified atom stereocenters. The van der Waals surface area contributed by atoms with E-state index in [-0.39, 0.29) is 11.0 Å². The van der Waals surface area contributed by atoms with E-state index in [9.17, 15) is 9.59 Å². The van der Waals surface area contributed by atoms with Gasteiger partial charge in [0.2, 0.25) is 0 Å². The number of benzene rings is 1. The Morgan fingerprint density at radius 2 is 2.09 bits per heavy atom. The normalized spacial score (nSPS) is 15.3. The SMILES string of the molecule is COCCN(C(=O)N1CCc2nc(C(N)=O)sc2C1c1ccccc1N)c1cccnc1. The zero-order valence-corrected chi connectivity index (χ0v) is 18.4. The third-order valence-corrected chi connectivity index (χ3v) is 6.50. The number of nitrogens with zero attached hydrogens (tertiary/aromatic N) is 4. The van der Waals surface area contributed by atoms with Crippen molar-refractivity contribution in [1.29, 1.82) is 0 Å². The van der Waals surface area contributed by atoms with E-state index in [1.807, 2.05) is 24.3 Å². The number of pyridine rings is 1. The second-order valence-corrected chi connectivity index (χ2v) is 8.34. The van der Waals surface area contributed by atoms with E-state index < -0.39 is 11.9 Å². The van der Waals surface area contributed by atoms with Crippen LogP contribution in [0.5, 0.6) is 0 Å². The highest BCUT2D eigenvalue weighted by atomic mass is 32.1. The molecular weight excluding hydrogens is 428 g/mol. The number of carbonyl (C=O) groups is 2. The number of anilines is 2. The molecule has 1 atom stereocenters. The molecule has 4 N–H and O–H groups in total. The maximum Gasteiger partial charge on any atom is 0.325 e. The predicted molar refractivity (Wildman–Crippen MR) is 123 cm³/mol. The zero-order valence-electron chi connectivity index (χ0n) is 17.6. The third-order valence-electron chi connectivity index (χ3n) is 5.33. The first-order valence-electron chi connectivity index (χ1n) is 10.1. The lowest BCUT2D eigenvalue weighted by Gasteiger charge is -2.39. The van der Waals surface area contributed by atoms with Gasteiger partial charge in [-0.15, -0.1) is 11.3 Å². The number of urea groups is 1. The molecule has 1 aromatic carbocycles. The number of amides is 3. The largest absolute Gasteiger partial charge is 0.398 e. The maximum atomic E-state index is 13.9. The number of para-hydroxylation sites is 1. The van der Waals surface area contributed by atoms with Crippen LogP contribution in [0.4, 0.5) is 16.2 Å². The summed E-state index contributed by atoms with van der Waals surface area (Å²) in [6, 6.07) is 10.3. The molecule has 3 aromatic rings. The van der Waals surface area contributed by atoms with Crippen molar-refractivity contribution in [1.82, 2.24) is 14.9 Å². The molecule has 1 aliphatic heterocycles. The Balaban J connectivity index is 1.79. The van der Waals surface area contributed by atoms with Crippen molar-refractivity contribution in [3.05, 3.63) is 69.9 Å². The van der Waals surface area contributed by atoms with Crippen molar-refractivity contribution in [2.24, 2.45) is 5.73 Å². The Labute approximate surface area is 189 Å². The smallest absolute Gasteiger partial charge is 0.325 e. The fraction of sp³-hybridized carbons (Fsp3) is 0.273. The van der Waals surface area contributed by atoms with Crippen LogP contribution in [-0.4, -0.2) is 53.6 Å². The van der Waals surface area contributed by atoms with E-state index in [0.717, 1.165) is 16.1 Å². The molecule has 0 saturated heterocycles. The van der Waals surface area contributed by atoms with Gasteiger partial charge in [-0.25, -0.2) is 9.78 Å². The molecule has 2 aromatic heterocycles. The lowest BCUT2D eigenvalue weighted by atomic mass is 9.96. The molecule has 0 fully saturated rings. The molecule has 3 heterocycles. The van der Waals surface area contributed by atoms with Gasteiger partial charge < -0.3 is 21.1 Å². The van der Waals surface area contributed by atoms with Gasteiger partial charge in [-0.3, -0.25) is 14.7 Å². The zero-order chi connectivity index (χ0) is 22.7. The van der Waals surface area contributed by atoms with Crippen LogP contribution in [0.25, 0.3) is 0 Å². The molecule has 0 radical (unpaired) electrons. The molecular formula is C22H24N6O3S. The van der Waals surface area contributed by atoms with Crippen LogP contribution in [0.2, 0.25) is 0 Å². The van der Waals surface area contributed by atoms with Gasteiger partial charge in [-0.2, -0.15) is 0 Å². The number of fused-ring (bicyclic) bond motifs is 1. The van der Waals surface area contributed by atoms with Gasteiger partial charge >= 0.3 is 6.03 Å². The van der Waals surface area contributed by atoms with Crippen molar-refractivity contribution < 1.29 is 14.3 Å². The Morgan fingerprint density at radius 1 is 1.28 bits per heavy atom. The van der Waals surface area contributed by atoms with Crippen LogP contribution < -0.4 is 16.4 Å². The summed E-state index contributed by atoms with van der Waals surface area (Å²) in [6.45, 7) is 1.14. The Kier molecular flexibility index (Phi) is 6.33. The highest BCUT2D eigenvalue weighted by Crippen LogP contribution is 2.41. The minimum absolute atomic E-state index is 0.206. The molecule has 10 heteroatoms. The first-order valence-corrected chi connectivity index (χ1v) is 10.9. The van der Waals surface area contributed by atoms with Crippen LogP contribution in [0.1, 0.15) is 32.0 Å². The molecule has 3 amide bonds. The quantitative estimate of drug-likeness (QED) is 0.553. The molecule has 0 aliphatic carbocycles. The van der Waals surface area contributed by atoms with Crippen LogP contribution >= 0.6 is 11.3 Å². The Bertz CT molecular complexity index is 1120. The second-order valence-electron chi connectivity index (χ2n) is 7.31. The van der Waals surface area contributed by atoms with Crippen molar-refractivity contribution in [2.75, 3.05) is 37.4 Å². The van der Waals surface area contributed by atoms with Crippen molar-refractivity contribution >= 4 is 34.6 Å². The van der Waals surface area contributed by atoms with Gasteiger partial charge in [0.25, 0.3) is 5.91 Å². The topological polar surface area (TPSA) is 128 Å². The third kappa shape index (κ3) is 4.14. The monoisotopic (exact) mass is 452 g/mol. The summed E-state index contributed by atoms with van der Waals surface area (Å²) in [5.41, 5.74) is 14.6. The summed E-state index contributed by atoms with van der Waals surface area (Å²) in [4.78, 5) is 38.5. The molecule has 4 rings (SSSR count). The van der Waals surface area contributed by atoms with Crippen LogP contribution in [0.15, 0.2) is 48.8 Å². The summed E-state index contributed by atoms with van der Waals surface area (Å²) < 4.78 is 5.24. The minimum Gasteiger partial charge on any atom is -0.398 e. The summed E-state index contributed by atoms with van der Waals surface area (Å²) in [6.07, 6.45) is 3.82. The fourth-order valence-corrected chi connectivity index (χ4v) is 4.92. The van der Waals surface area contributed by atoms with Gasteiger partial charge in [-0.05, 0) is 18.2 Å². The molecule has 0 spiro atoms. The summed E-state index contributed by atoms with van der Waals surface area (Å²) >= 11 is 1.21. The molecule has 0 saturated carbocycles. The average molecular weight is 453 g/mol. The molecule has 9 nitrogen and oxygen atoms in total. The number of nitrogens with two attached hydrogens (primary N) is 2. The average Bonchev–Trinajstić information content (AvgIpc) is 3.25. The lowest BCUT2D eigenvalue weighted by molar-refractivity contribution is 0.0999. The predicted octanol–water partition coefficient (Wildman–Crippen LogP) is 2.44. The summed E-state index contributed by atoms with van der Waals surface area (Å²) in [5, 5.41) is 0.229. The van der Waals surface area contributed by atoms with Crippen LogP contribution in [0.3, 0.4) is 0 Å². The Hall–Kier alpha value is -3.50. The molecule has 0 bridgehead atoms. The number of aromatic nitrogens is 2. The molecule has 32 heavy (non-hydrogen) atoms. The molecule has 1 aliphatic rings. The first-order chi connectivity index (χ1) is 15.5. The first kappa shape index (κ1) is 21.7. The van der Waals surface area contributed by atoms with Gasteiger partial charge in [0.1, 0.15) is 0 Å². The van der Waals surface area contributed by atoms with E-state index in [2.05, 4.69) is 9.97 Å². The number of methoxy groups -OCH3 is 1. The van der Waals surface area contributed by atoms with E-state index in [1.165, 1.54) is 11.3 Å². The highest BCUT2D eigenvalue weighted by Gasteiger charge is 2.38. The van der Waals surface area contributed by atoms with Crippen molar-refractivity contribution in [3.8, 4) is 0 Å². The van der Waals surface area contributed by atoms with E-state index in [1.54, 1.807) is 41.4 Å². The van der Waals surface area contributed by atoms with Gasteiger partial charge in [-0.1, -0.05) is 18.2 Å². The summed E-state index contributed by atoms with van der Waals surface area (Å²) in [5.74, 6) is -0.584. The number of nitrogen functional groups attached to an aromatic ring is 1.